The van der Waals surface area contributed by atoms with Crippen molar-refractivity contribution < 1.29 is 0 Å². The standard InChI is InChI=1S/C10H8BrClN2S/c11-9-6(2-1-3-8(9)12)4-7-5-14-10(13)15-7/h1-3,5H,4H2,(H2,13,14). The van der Waals surface area contributed by atoms with Crippen LogP contribution in [0, 0.1) is 0 Å². The van der Waals surface area contributed by atoms with E-state index >= 15 is 0 Å². The molecule has 1 aromatic heterocycles. The fourth-order valence-corrected chi connectivity index (χ4v) is 2.58. The van der Waals surface area contributed by atoms with Crippen LogP contribution in [0.2, 0.25) is 5.02 Å². The van der Waals surface area contributed by atoms with E-state index < -0.39 is 0 Å². The van der Waals surface area contributed by atoms with E-state index in [1.54, 1.807) is 6.20 Å². The summed E-state index contributed by atoms with van der Waals surface area (Å²) in [4.78, 5) is 5.15. The van der Waals surface area contributed by atoms with E-state index in [0.717, 1.165) is 26.4 Å². The maximum absolute atomic E-state index is 6.00. The number of rotatable bonds is 2. The Hall–Kier alpha value is -0.580. The Morgan fingerprint density at radius 2 is 2.27 bits per heavy atom. The molecule has 1 heterocycles. The Kier molecular flexibility index (Phi) is 3.29. The Bertz CT molecular complexity index is 484. The van der Waals surface area contributed by atoms with Gasteiger partial charge >= 0.3 is 0 Å². The molecular formula is C10H8BrClN2S. The number of nitrogen functional groups attached to an aromatic ring is 1. The first-order chi connectivity index (χ1) is 7.16. The van der Waals surface area contributed by atoms with Gasteiger partial charge in [0, 0.05) is 22.0 Å². The molecule has 0 aliphatic heterocycles. The number of nitrogens with zero attached hydrogens (tertiary/aromatic N) is 1. The summed E-state index contributed by atoms with van der Waals surface area (Å²) in [6.45, 7) is 0. The molecule has 0 fully saturated rings. The summed E-state index contributed by atoms with van der Waals surface area (Å²) >= 11 is 11.0. The van der Waals surface area contributed by atoms with Crippen LogP contribution in [-0.4, -0.2) is 4.98 Å². The van der Waals surface area contributed by atoms with Gasteiger partial charge in [-0.05, 0) is 27.6 Å². The summed E-state index contributed by atoms with van der Waals surface area (Å²) < 4.78 is 0.943. The third kappa shape index (κ3) is 2.51. The molecule has 15 heavy (non-hydrogen) atoms. The number of benzene rings is 1. The third-order valence-electron chi connectivity index (χ3n) is 1.97. The zero-order valence-corrected chi connectivity index (χ0v) is 10.9. The zero-order valence-electron chi connectivity index (χ0n) is 7.71. The maximum Gasteiger partial charge on any atom is 0.180 e. The van der Waals surface area contributed by atoms with E-state index in [1.807, 2.05) is 18.2 Å². The van der Waals surface area contributed by atoms with Gasteiger partial charge < -0.3 is 5.73 Å². The van der Waals surface area contributed by atoms with Crippen LogP contribution >= 0.6 is 38.9 Å². The van der Waals surface area contributed by atoms with Gasteiger partial charge in [-0.15, -0.1) is 11.3 Å². The van der Waals surface area contributed by atoms with Crippen molar-refractivity contribution in [1.82, 2.24) is 4.98 Å². The van der Waals surface area contributed by atoms with Crippen molar-refractivity contribution in [1.29, 1.82) is 0 Å². The Morgan fingerprint density at radius 3 is 2.93 bits per heavy atom. The van der Waals surface area contributed by atoms with E-state index in [-0.39, 0.29) is 0 Å². The largest absolute Gasteiger partial charge is 0.375 e. The monoisotopic (exact) mass is 302 g/mol. The predicted octanol–water partition coefficient (Wildman–Crippen LogP) is 3.73. The molecule has 0 radical (unpaired) electrons. The minimum atomic E-state index is 0.600. The van der Waals surface area contributed by atoms with Crippen LogP contribution in [-0.2, 0) is 6.42 Å². The minimum Gasteiger partial charge on any atom is -0.375 e. The van der Waals surface area contributed by atoms with Gasteiger partial charge in [0.2, 0.25) is 0 Å². The average molecular weight is 304 g/mol. The molecule has 0 saturated carbocycles. The van der Waals surface area contributed by atoms with Crippen LogP contribution in [0.15, 0.2) is 28.9 Å². The van der Waals surface area contributed by atoms with Crippen LogP contribution in [0.3, 0.4) is 0 Å². The third-order valence-corrected chi connectivity index (χ3v) is 4.27. The highest BCUT2D eigenvalue weighted by atomic mass is 79.9. The van der Waals surface area contributed by atoms with Gasteiger partial charge in [0.15, 0.2) is 5.13 Å². The van der Waals surface area contributed by atoms with Crippen molar-refractivity contribution in [2.45, 2.75) is 6.42 Å². The first-order valence-electron chi connectivity index (χ1n) is 4.30. The number of hydrogen-bond donors (Lipinski definition) is 1. The Labute approximate surface area is 105 Å². The fraction of sp³-hybridized carbons (Fsp3) is 0.100. The summed E-state index contributed by atoms with van der Waals surface area (Å²) in [6.07, 6.45) is 2.60. The Morgan fingerprint density at radius 1 is 1.47 bits per heavy atom. The van der Waals surface area contributed by atoms with Crippen LogP contribution in [0.25, 0.3) is 0 Å². The van der Waals surface area contributed by atoms with Crippen molar-refractivity contribution in [2.24, 2.45) is 0 Å². The molecule has 78 valence electrons. The summed E-state index contributed by atoms with van der Waals surface area (Å²) in [5.41, 5.74) is 6.71. The van der Waals surface area contributed by atoms with Crippen LogP contribution < -0.4 is 5.73 Å². The molecule has 2 rings (SSSR count). The number of nitrogens with two attached hydrogens (primary N) is 1. The molecule has 0 saturated heterocycles. The van der Waals surface area contributed by atoms with Gasteiger partial charge in [-0.2, -0.15) is 0 Å². The summed E-state index contributed by atoms with van der Waals surface area (Å²) in [5, 5.41) is 1.33. The molecule has 0 bridgehead atoms. The van der Waals surface area contributed by atoms with Crippen molar-refractivity contribution >= 4 is 44.0 Å². The number of aromatic nitrogens is 1. The summed E-state index contributed by atoms with van der Waals surface area (Å²) in [7, 11) is 0. The minimum absolute atomic E-state index is 0.600. The van der Waals surface area contributed by atoms with Crippen LogP contribution in [0.5, 0.6) is 0 Å². The number of halogens is 2. The highest BCUT2D eigenvalue weighted by Gasteiger charge is 2.06. The average Bonchev–Trinajstić information content (AvgIpc) is 2.59. The molecule has 2 nitrogen and oxygen atoms in total. The molecular weight excluding hydrogens is 296 g/mol. The van der Waals surface area contributed by atoms with Crippen LogP contribution in [0.1, 0.15) is 10.4 Å². The summed E-state index contributed by atoms with van der Waals surface area (Å²) in [5.74, 6) is 0. The fourth-order valence-electron chi connectivity index (χ4n) is 1.28. The lowest BCUT2D eigenvalue weighted by Gasteiger charge is -2.03. The molecule has 2 aromatic rings. The number of thiazole rings is 1. The SMILES string of the molecule is Nc1ncc(Cc2cccc(Cl)c2Br)s1. The zero-order chi connectivity index (χ0) is 10.8. The second kappa shape index (κ2) is 4.51. The molecule has 0 amide bonds. The molecule has 0 aliphatic carbocycles. The van der Waals surface area contributed by atoms with Crippen molar-refractivity contribution in [3.05, 3.63) is 44.3 Å². The number of hydrogen-bond acceptors (Lipinski definition) is 3. The second-order valence-electron chi connectivity index (χ2n) is 3.05. The molecule has 1 aromatic carbocycles. The lowest BCUT2D eigenvalue weighted by Crippen LogP contribution is -1.86. The first kappa shape index (κ1) is 10.9. The second-order valence-corrected chi connectivity index (χ2v) is 5.40. The highest BCUT2D eigenvalue weighted by Crippen LogP contribution is 2.29. The predicted molar refractivity (Wildman–Crippen MR) is 68.5 cm³/mol. The smallest absolute Gasteiger partial charge is 0.180 e. The van der Waals surface area contributed by atoms with Gasteiger partial charge in [0.05, 0.1) is 5.02 Å². The maximum atomic E-state index is 6.00. The molecule has 0 aliphatic rings. The van der Waals surface area contributed by atoms with E-state index in [9.17, 15) is 0 Å². The van der Waals surface area contributed by atoms with Gasteiger partial charge in [-0.25, -0.2) is 4.98 Å². The van der Waals surface area contributed by atoms with Gasteiger partial charge in [0.25, 0.3) is 0 Å². The summed E-state index contributed by atoms with van der Waals surface area (Å²) in [6, 6.07) is 5.83. The lowest BCUT2D eigenvalue weighted by atomic mass is 10.1. The Balaban J connectivity index is 2.28. The van der Waals surface area contributed by atoms with Gasteiger partial charge in [0.1, 0.15) is 0 Å². The molecule has 0 atom stereocenters. The lowest BCUT2D eigenvalue weighted by molar-refractivity contribution is 1.20. The topological polar surface area (TPSA) is 38.9 Å². The normalized spacial score (nSPS) is 10.5. The van der Waals surface area contributed by atoms with E-state index in [4.69, 9.17) is 17.3 Å². The van der Waals surface area contributed by atoms with Crippen molar-refractivity contribution in [3.8, 4) is 0 Å². The van der Waals surface area contributed by atoms with Gasteiger partial charge in [-0.3, -0.25) is 0 Å². The molecule has 0 unspecified atom stereocenters. The molecule has 2 N–H and O–H groups in total. The van der Waals surface area contributed by atoms with Crippen LogP contribution in [0.4, 0.5) is 5.13 Å². The van der Waals surface area contributed by atoms with E-state index in [0.29, 0.717) is 5.13 Å². The number of anilines is 1. The van der Waals surface area contributed by atoms with Crippen molar-refractivity contribution in [3.63, 3.8) is 0 Å². The molecule has 5 heteroatoms. The van der Waals surface area contributed by atoms with E-state index in [1.165, 1.54) is 11.3 Å². The van der Waals surface area contributed by atoms with Crippen molar-refractivity contribution in [2.75, 3.05) is 5.73 Å². The van der Waals surface area contributed by atoms with Gasteiger partial charge in [-0.1, -0.05) is 23.7 Å². The van der Waals surface area contributed by atoms with E-state index in [2.05, 4.69) is 20.9 Å². The highest BCUT2D eigenvalue weighted by molar-refractivity contribution is 9.10. The molecule has 0 spiro atoms. The first-order valence-corrected chi connectivity index (χ1v) is 6.28. The quantitative estimate of drug-likeness (QED) is 0.918.